The Morgan fingerprint density at radius 2 is 2.00 bits per heavy atom. The van der Waals surface area contributed by atoms with Gasteiger partial charge in [-0.05, 0) is 24.8 Å². The first-order valence-corrected chi connectivity index (χ1v) is 10.1. The summed E-state index contributed by atoms with van der Waals surface area (Å²) < 4.78 is 0. The van der Waals surface area contributed by atoms with Gasteiger partial charge < -0.3 is 15.1 Å². The highest BCUT2D eigenvalue weighted by Crippen LogP contribution is 2.31. The van der Waals surface area contributed by atoms with Crippen molar-refractivity contribution in [1.82, 2.24) is 19.8 Å². The van der Waals surface area contributed by atoms with Crippen LogP contribution in [-0.4, -0.2) is 52.2 Å². The number of aromatic nitrogens is 2. The highest BCUT2D eigenvalue weighted by molar-refractivity contribution is 5.77. The minimum Gasteiger partial charge on any atom is -0.373 e. The second kappa shape index (κ2) is 9.49. The first-order chi connectivity index (χ1) is 14.0. The standard InChI is InChI=1S/C22H29N5O2/c1-16(28)26(3)15-18-14-20(23-2)25-22(24-18)19-10-7-13-27(19)21(29)12-11-17-8-5-4-6-9-17/h4-6,8-9,14,19H,7,10-13,15H2,1-3H3,(H,23,24,25)/t19-/m0/s1. The highest BCUT2D eigenvalue weighted by Gasteiger charge is 2.32. The molecule has 2 aromatic rings. The Labute approximate surface area is 172 Å². The van der Waals surface area contributed by atoms with Crippen molar-refractivity contribution in [2.24, 2.45) is 0 Å². The first kappa shape index (κ1) is 20.8. The smallest absolute Gasteiger partial charge is 0.223 e. The van der Waals surface area contributed by atoms with Crippen LogP contribution in [0.25, 0.3) is 0 Å². The third-order valence-electron chi connectivity index (χ3n) is 5.33. The maximum absolute atomic E-state index is 12.9. The van der Waals surface area contributed by atoms with Crippen LogP contribution in [0.5, 0.6) is 0 Å². The van der Waals surface area contributed by atoms with Crippen LogP contribution < -0.4 is 5.32 Å². The third-order valence-corrected chi connectivity index (χ3v) is 5.33. The molecule has 1 fully saturated rings. The van der Waals surface area contributed by atoms with Crippen LogP contribution in [0.4, 0.5) is 5.82 Å². The molecule has 1 aromatic carbocycles. The fraction of sp³-hybridized carbons (Fsp3) is 0.455. The molecule has 1 aliphatic heterocycles. The van der Waals surface area contributed by atoms with E-state index in [2.05, 4.69) is 10.3 Å². The summed E-state index contributed by atoms with van der Waals surface area (Å²) in [6.07, 6.45) is 3.00. The number of amides is 2. The zero-order chi connectivity index (χ0) is 20.8. The largest absolute Gasteiger partial charge is 0.373 e. The van der Waals surface area contributed by atoms with Crippen molar-refractivity contribution < 1.29 is 9.59 Å². The molecule has 7 nitrogen and oxygen atoms in total. The van der Waals surface area contributed by atoms with Crippen LogP contribution in [-0.2, 0) is 22.6 Å². The Morgan fingerprint density at radius 3 is 2.69 bits per heavy atom. The molecule has 3 rings (SSSR count). The van der Waals surface area contributed by atoms with E-state index in [-0.39, 0.29) is 17.9 Å². The monoisotopic (exact) mass is 395 g/mol. The molecule has 1 aromatic heterocycles. The highest BCUT2D eigenvalue weighted by atomic mass is 16.2. The van der Waals surface area contributed by atoms with Gasteiger partial charge in [-0.15, -0.1) is 0 Å². The minimum atomic E-state index is -0.118. The lowest BCUT2D eigenvalue weighted by molar-refractivity contribution is -0.132. The Hall–Kier alpha value is -2.96. The van der Waals surface area contributed by atoms with Crippen molar-refractivity contribution in [3.63, 3.8) is 0 Å². The molecule has 0 aliphatic carbocycles. The minimum absolute atomic E-state index is 0.0187. The van der Waals surface area contributed by atoms with Gasteiger partial charge in [0.05, 0.1) is 18.3 Å². The lowest BCUT2D eigenvalue weighted by atomic mass is 10.1. The second-order valence-corrected chi connectivity index (χ2v) is 7.46. The van der Waals surface area contributed by atoms with Crippen LogP contribution in [0.2, 0.25) is 0 Å². The molecule has 0 saturated carbocycles. The summed E-state index contributed by atoms with van der Waals surface area (Å²) in [5.74, 6) is 1.46. The van der Waals surface area contributed by atoms with Crippen molar-refractivity contribution in [2.45, 2.75) is 45.2 Å². The Balaban J connectivity index is 1.75. The summed E-state index contributed by atoms with van der Waals surface area (Å²) >= 11 is 0. The maximum atomic E-state index is 12.9. The molecule has 2 amide bonds. The Morgan fingerprint density at radius 1 is 1.24 bits per heavy atom. The molecule has 154 valence electrons. The van der Waals surface area contributed by atoms with Gasteiger partial charge in [0.2, 0.25) is 11.8 Å². The van der Waals surface area contributed by atoms with Gasteiger partial charge in [0.15, 0.2) is 5.82 Å². The number of hydrogen-bond donors (Lipinski definition) is 1. The molecule has 2 heterocycles. The van der Waals surface area contributed by atoms with E-state index in [4.69, 9.17) is 4.98 Å². The van der Waals surface area contributed by atoms with Gasteiger partial charge in [-0.1, -0.05) is 30.3 Å². The van der Waals surface area contributed by atoms with Crippen molar-refractivity contribution in [3.05, 3.63) is 53.5 Å². The number of nitrogens with one attached hydrogen (secondary N) is 1. The third kappa shape index (κ3) is 5.31. The van der Waals surface area contributed by atoms with E-state index in [9.17, 15) is 9.59 Å². The molecule has 1 saturated heterocycles. The number of benzene rings is 1. The van der Waals surface area contributed by atoms with Crippen molar-refractivity contribution in [2.75, 3.05) is 26.0 Å². The average molecular weight is 396 g/mol. The summed E-state index contributed by atoms with van der Waals surface area (Å²) in [5.41, 5.74) is 1.93. The lowest BCUT2D eigenvalue weighted by Crippen LogP contribution is -2.32. The molecule has 1 atom stereocenters. The molecule has 29 heavy (non-hydrogen) atoms. The average Bonchev–Trinajstić information content (AvgIpc) is 3.22. The number of nitrogens with zero attached hydrogens (tertiary/aromatic N) is 4. The van der Waals surface area contributed by atoms with Gasteiger partial charge in [-0.25, -0.2) is 9.97 Å². The van der Waals surface area contributed by atoms with Gasteiger partial charge in [0, 0.05) is 40.1 Å². The Kier molecular flexibility index (Phi) is 6.80. The van der Waals surface area contributed by atoms with Crippen LogP contribution in [0.3, 0.4) is 0 Å². The topological polar surface area (TPSA) is 78.4 Å². The summed E-state index contributed by atoms with van der Waals surface area (Å²) in [6.45, 7) is 2.67. The second-order valence-electron chi connectivity index (χ2n) is 7.46. The van der Waals surface area contributed by atoms with Crippen molar-refractivity contribution in [3.8, 4) is 0 Å². The number of rotatable bonds is 7. The fourth-order valence-corrected chi connectivity index (χ4v) is 3.60. The van der Waals surface area contributed by atoms with E-state index >= 15 is 0 Å². The SMILES string of the molecule is CNc1cc(CN(C)C(C)=O)nc([C@@H]2CCCN2C(=O)CCc2ccccc2)n1. The Bertz CT molecular complexity index is 856. The predicted molar refractivity (Wildman–Crippen MR) is 112 cm³/mol. The fourth-order valence-electron chi connectivity index (χ4n) is 3.60. The zero-order valence-corrected chi connectivity index (χ0v) is 17.4. The predicted octanol–water partition coefficient (Wildman–Crippen LogP) is 2.79. The molecule has 0 unspecified atom stereocenters. The molecule has 7 heteroatoms. The van der Waals surface area contributed by atoms with Gasteiger partial charge in [0.25, 0.3) is 0 Å². The quantitative estimate of drug-likeness (QED) is 0.780. The zero-order valence-electron chi connectivity index (χ0n) is 17.4. The summed E-state index contributed by atoms with van der Waals surface area (Å²) in [6, 6.07) is 11.8. The number of anilines is 1. The molecule has 1 aliphatic rings. The summed E-state index contributed by atoms with van der Waals surface area (Å²) in [4.78, 5) is 37.3. The van der Waals surface area contributed by atoms with E-state index in [0.717, 1.165) is 31.5 Å². The van der Waals surface area contributed by atoms with Gasteiger partial charge in [-0.3, -0.25) is 9.59 Å². The van der Waals surface area contributed by atoms with E-state index in [1.165, 1.54) is 12.5 Å². The van der Waals surface area contributed by atoms with Gasteiger partial charge in [0.1, 0.15) is 5.82 Å². The maximum Gasteiger partial charge on any atom is 0.223 e. The molecule has 0 spiro atoms. The van der Waals surface area contributed by atoms with E-state index in [1.54, 1.807) is 11.9 Å². The number of carbonyl (C=O) groups is 2. The van der Waals surface area contributed by atoms with E-state index < -0.39 is 0 Å². The van der Waals surface area contributed by atoms with Crippen LogP contribution >= 0.6 is 0 Å². The molecule has 1 N–H and O–H groups in total. The van der Waals surface area contributed by atoms with Crippen molar-refractivity contribution in [1.29, 1.82) is 0 Å². The van der Waals surface area contributed by atoms with Gasteiger partial charge >= 0.3 is 0 Å². The van der Waals surface area contributed by atoms with Crippen LogP contribution in [0.1, 0.15) is 49.3 Å². The summed E-state index contributed by atoms with van der Waals surface area (Å²) in [5, 5.41) is 3.07. The molecular formula is C22H29N5O2. The lowest BCUT2D eigenvalue weighted by Gasteiger charge is -2.25. The first-order valence-electron chi connectivity index (χ1n) is 10.1. The number of carbonyl (C=O) groups excluding carboxylic acids is 2. The van der Waals surface area contributed by atoms with E-state index in [1.807, 2.05) is 48.3 Å². The number of aryl methyl sites for hydroxylation is 1. The van der Waals surface area contributed by atoms with E-state index in [0.29, 0.717) is 24.6 Å². The molecule has 0 radical (unpaired) electrons. The van der Waals surface area contributed by atoms with Gasteiger partial charge in [-0.2, -0.15) is 0 Å². The number of hydrogen-bond acceptors (Lipinski definition) is 5. The number of likely N-dealkylation sites (tertiary alicyclic amines) is 1. The molecule has 0 bridgehead atoms. The van der Waals surface area contributed by atoms with Crippen LogP contribution in [0, 0.1) is 0 Å². The summed E-state index contributed by atoms with van der Waals surface area (Å²) in [7, 11) is 3.56. The van der Waals surface area contributed by atoms with Crippen molar-refractivity contribution >= 4 is 17.6 Å². The normalized spacial score (nSPS) is 16.0. The molecular weight excluding hydrogens is 366 g/mol. The van der Waals surface area contributed by atoms with Crippen LogP contribution in [0.15, 0.2) is 36.4 Å².